The molecule has 1 saturated carbocycles. The van der Waals surface area contributed by atoms with E-state index in [4.69, 9.17) is 14.2 Å². The van der Waals surface area contributed by atoms with Gasteiger partial charge in [0.05, 0.1) is 19.8 Å². The topological polar surface area (TPSA) is 39.7 Å². The number of rotatable bonds is 6. The van der Waals surface area contributed by atoms with E-state index in [1.807, 2.05) is 0 Å². The summed E-state index contributed by atoms with van der Waals surface area (Å²) in [4.78, 5) is 0. The van der Waals surface area contributed by atoms with Crippen LogP contribution in [-0.2, 0) is 14.2 Å². The van der Waals surface area contributed by atoms with Gasteiger partial charge in [-0.2, -0.15) is 0 Å². The summed E-state index contributed by atoms with van der Waals surface area (Å²) in [5, 5.41) is 3.73. The summed E-state index contributed by atoms with van der Waals surface area (Å²) < 4.78 is 16.8. The van der Waals surface area contributed by atoms with Gasteiger partial charge in [-0.3, -0.25) is 0 Å². The molecule has 18 heavy (non-hydrogen) atoms. The Morgan fingerprint density at radius 3 is 2.50 bits per heavy atom. The molecule has 1 N–H and O–H groups in total. The van der Waals surface area contributed by atoms with Crippen LogP contribution in [-0.4, -0.2) is 44.8 Å². The predicted octanol–water partition coefficient (Wildman–Crippen LogP) is 2.08. The van der Waals surface area contributed by atoms with Crippen LogP contribution in [0, 0.1) is 0 Å². The van der Waals surface area contributed by atoms with Crippen LogP contribution >= 0.6 is 0 Å². The molecule has 106 valence electrons. The lowest BCUT2D eigenvalue weighted by molar-refractivity contribution is -0.179. The Hall–Kier alpha value is -0.160. The summed E-state index contributed by atoms with van der Waals surface area (Å²) in [5.41, 5.74) is 0. The highest BCUT2D eigenvalue weighted by Crippen LogP contribution is 2.35. The minimum absolute atomic E-state index is 0.236. The van der Waals surface area contributed by atoms with Crippen molar-refractivity contribution in [2.45, 2.75) is 63.3 Å². The molecule has 0 aromatic rings. The van der Waals surface area contributed by atoms with Gasteiger partial charge < -0.3 is 19.5 Å². The van der Waals surface area contributed by atoms with Crippen LogP contribution in [0.15, 0.2) is 0 Å². The zero-order valence-electron chi connectivity index (χ0n) is 11.7. The van der Waals surface area contributed by atoms with Crippen molar-refractivity contribution < 1.29 is 14.2 Å². The predicted molar refractivity (Wildman–Crippen MR) is 70.6 cm³/mol. The third-order valence-electron chi connectivity index (χ3n) is 4.04. The molecule has 4 heteroatoms. The number of hydrogen-bond donors (Lipinski definition) is 1. The van der Waals surface area contributed by atoms with Gasteiger partial charge in [-0.15, -0.1) is 0 Å². The van der Waals surface area contributed by atoms with Gasteiger partial charge in [-0.25, -0.2) is 0 Å². The fourth-order valence-corrected chi connectivity index (χ4v) is 3.11. The van der Waals surface area contributed by atoms with E-state index in [1.54, 1.807) is 7.11 Å². The van der Waals surface area contributed by atoms with E-state index in [0.717, 1.165) is 45.5 Å². The van der Waals surface area contributed by atoms with E-state index >= 15 is 0 Å². The van der Waals surface area contributed by atoms with Crippen LogP contribution in [0.1, 0.15) is 45.4 Å². The third-order valence-corrected chi connectivity index (χ3v) is 4.04. The van der Waals surface area contributed by atoms with E-state index in [9.17, 15) is 0 Å². The largest absolute Gasteiger partial charge is 0.383 e. The quantitative estimate of drug-likeness (QED) is 0.791. The number of methoxy groups -OCH3 is 1. The summed E-state index contributed by atoms with van der Waals surface area (Å²) in [7, 11) is 1.78. The summed E-state index contributed by atoms with van der Waals surface area (Å²) in [5.74, 6) is -0.236. The van der Waals surface area contributed by atoms with Crippen molar-refractivity contribution in [2.75, 3.05) is 26.9 Å². The van der Waals surface area contributed by atoms with Gasteiger partial charge >= 0.3 is 0 Å². The zero-order chi connectivity index (χ0) is 12.8. The van der Waals surface area contributed by atoms with Gasteiger partial charge in [-0.05, 0) is 19.3 Å². The van der Waals surface area contributed by atoms with E-state index in [0.29, 0.717) is 12.1 Å². The second-order valence-corrected chi connectivity index (χ2v) is 5.49. The molecule has 0 bridgehead atoms. The summed E-state index contributed by atoms with van der Waals surface area (Å²) in [6.07, 6.45) is 6.72. The SMILES string of the molecule is CCCC(COC)NC1CCC2(CC1)OCCO2. The lowest BCUT2D eigenvalue weighted by Crippen LogP contribution is -2.46. The van der Waals surface area contributed by atoms with Crippen LogP contribution in [0.4, 0.5) is 0 Å². The molecule has 0 aromatic carbocycles. The molecular formula is C14H27NO3. The zero-order valence-corrected chi connectivity index (χ0v) is 11.7. The molecule has 1 saturated heterocycles. The van der Waals surface area contributed by atoms with Crippen LogP contribution < -0.4 is 5.32 Å². The first kappa shape index (κ1) is 14.3. The van der Waals surface area contributed by atoms with Crippen molar-refractivity contribution in [2.24, 2.45) is 0 Å². The molecule has 1 heterocycles. The average Bonchev–Trinajstić information content (AvgIpc) is 2.82. The molecule has 0 aromatic heterocycles. The lowest BCUT2D eigenvalue weighted by atomic mass is 9.89. The molecule has 1 atom stereocenters. The van der Waals surface area contributed by atoms with Crippen LogP contribution in [0.5, 0.6) is 0 Å². The maximum Gasteiger partial charge on any atom is 0.168 e. The van der Waals surface area contributed by atoms with Crippen LogP contribution in [0.3, 0.4) is 0 Å². The molecule has 4 nitrogen and oxygen atoms in total. The monoisotopic (exact) mass is 257 g/mol. The summed E-state index contributed by atoms with van der Waals surface area (Å²) in [6.45, 7) is 4.56. The van der Waals surface area contributed by atoms with Crippen molar-refractivity contribution in [3.05, 3.63) is 0 Å². The molecule has 1 aliphatic carbocycles. The summed E-state index contributed by atoms with van der Waals surface area (Å²) in [6, 6.07) is 1.08. The molecule has 1 spiro atoms. The Morgan fingerprint density at radius 2 is 1.94 bits per heavy atom. The van der Waals surface area contributed by atoms with Gasteiger partial charge in [-0.1, -0.05) is 13.3 Å². The molecule has 2 aliphatic rings. The van der Waals surface area contributed by atoms with Crippen molar-refractivity contribution in [1.82, 2.24) is 5.32 Å². The normalized spacial score (nSPS) is 25.7. The maximum atomic E-state index is 5.76. The first-order chi connectivity index (χ1) is 8.78. The van der Waals surface area contributed by atoms with Crippen molar-refractivity contribution in [3.63, 3.8) is 0 Å². The lowest BCUT2D eigenvalue weighted by Gasteiger charge is -2.37. The Labute approximate surface area is 110 Å². The highest BCUT2D eigenvalue weighted by atomic mass is 16.7. The van der Waals surface area contributed by atoms with Crippen molar-refractivity contribution in [1.29, 1.82) is 0 Å². The van der Waals surface area contributed by atoms with E-state index < -0.39 is 0 Å². The van der Waals surface area contributed by atoms with Gasteiger partial charge in [0.2, 0.25) is 0 Å². The molecule has 1 aliphatic heterocycles. The number of hydrogen-bond acceptors (Lipinski definition) is 4. The Morgan fingerprint density at radius 1 is 1.28 bits per heavy atom. The Bertz CT molecular complexity index is 225. The third kappa shape index (κ3) is 3.67. The Kier molecular flexibility index (Phi) is 5.42. The van der Waals surface area contributed by atoms with Gasteiger partial charge in [0.1, 0.15) is 0 Å². The molecular weight excluding hydrogens is 230 g/mol. The van der Waals surface area contributed by atoms with Gasteiger partial charge in [0, 0.05) is 32.0 Å². The van der Waals surface area contributed by atoms with Crippen molar-refractivity contribution >= 4 is 0 Å². The smallest absolute Gasteiger partial charge is 0.168 e. The molecule has 2 rings (SSSR count). The first-order valence-electron chi connectivity index (χ1n) is 7.31. The van der Waals surface area contributed by atoms with E-state index in [1.165, 1.54) is 12.8 Å². The highest BCUT2D eigenvalue weighted by Gasteiger charge is 2.40. The number of nitrogens with one attached hydrogen (secondary N) is 1. The summed E-state index contributed by atoms with van der Waals surface area (Å²) >= 11 is 0. The van der Waals surface area contributed by atoms with E-state index in [2.05, 4.69) is 12.2 Å². The standard InChI is InChI=1S/C14H27NO3/c1-3-4-13(11-16-2)15-12-5-7-14(8-6-12)17-9-10-18-14/h12-13,15H,3-11H2,1-2H3. The second-order valence-electron chi connectivity index (χ2n) is 5.49. The molecule has 0 amide bonds. The average molecular weight is 257 g/mol. The minimum Gasteiger partial charge on any atom is -0.383 e. The van der Waals surface area contributed by atoms with Gasteiger partial charge in [0.25, 0.3) is 0 Å². The maximum absolute atomic E-state index is 5.76. The van der Waals surface area contributed by atoms with E-state index in [-0.39, 0.29) is 5.79 Å². The molecule has 0 radical (unpaired) electrons. The van der Waals surface area contributed by atoms with Gasteiger partial charge in [0.15, 0.2) is 5.79 Å². The highest BCUT2D eigenvalue weighted by molar-refractivity contribution is 4.87. The fourth-order valence-electron chi connectivity index (χ4n) is 3.11. The van der Waals surface area contributed by atoms with Crippen LogP contribution in [0.25, 0.3) is 0 Å². The first-order valence-corrected chi connectivity index (χ1v) is 7.31. The molecule has 1 unspecified atom stereocenters. The Balaban J connectivity index is 1.74. The molecule has 2 fully saturated rings. The van der Waals surface area contributed by atoms with Crippen LogP contribution in [0.2, 0.25) is 0 Å². The van der Waals surface area contributed by atoms with Crippen molar-refractivity contribution in [3.8, 4) is 0 Å². The fraction of sp³-hybridized carbons (Fsp3) is 1.00. The second kappa shape index (κ2) is 6.85. The number of ether oxygens (including phenoxy) is 3. The minimum atomic E-state index is -0.236.